The molecular formula is C6H10N4O3S. The van der Waals surface area contributed by atoms with Crippen LogP contribution in [0.4, 0.5) is 0 Å². The van der Waals surface area contributed by atoms with Crippen molar-refractivity contribution in [1.82, 2.24) is 15.1 Å². The first-order valence-electron chi connectivity index (χ1n) is 4.00. The van der Waals surface area contributed by atoms with Crippen molar-refractivity contribution in [1.29, 1.82) is 0 Å². The number of primary sulfonamides is 1. The first-order chi connectivity index (χ1) is 6.50. The van der Waals surface area contributed by atoms with Gasteiger partial charge in [-0.15, -0.1) is 0 Å². The number of hydrogen-bond donors (Lipinski definition) is 3. The van der Waals surface area contributed by atoms with E-state index in [0.29, 0.717) is 13.1 Å². The van der Waals surface area contributed by atoms with E-state index in [0.717, 1.165) is 6.20 Å². The molecule has 1 aromatic heterocycles. The van der Waals surface area contributed by atoms with Crippen LogP contribution in [0.25, 0.3) is 0 Å². The summed E-state index contributed by atoms with van der Waals surface area (Å²) < 4.78 is 23.6. The second-order valence-corrected chi connectivity index (χ2v) is 4.55. The number of aromatic nitrogens is 2. The summed E-state index contributed by atoms with van der Waals surface area (Å²) in [4.78, 5) is -0.128. The van der Waals surface area contributed by atoms with Gasteiger partial charge < -0.3 is 5.11 Å². The number of nitrogens with two attached hydrogens (primary N) is 1. The van der Waals surface area contributed by atoms with E-state index in [1.54, 1.807) is 0 Å². The van der Waals surface area contributed by atoms with Crippen LogP contribution in [0, 0.1) is 0 Å². The molecule has 0 aromatic carbocycles. The topological polar surface area (TPSA) is 110 Å². The summed E-state index contributed by atoms with van der Waals surface area (Å²) in [7, 11) is -3.82. The summed E-state index contributed by atoms with van der Waals surface area (Å²) in [5.41, 5.74) is 0.207. The molecule has 0 saturated carbocycles. The number of sulfonamides is 1. The van der Waals surface area contributed by atoms with Gasteiger partial charge in [0.15, 0.2) is 0 Å². The molecule has 0 radical (unpaired) electrons. The second kappa shape index (κ2) is 3.02. The van der Waals surface area contributed by atoms with E-state index in [2.05, 4.69) is 10.4 Å². The minimum atomic E-state index is -3.82. The highest BCUT2D eigenvalue weighted by Gasteiger charge is 2.27. The molecule has 1 atom stereocenters. The van der Waals surface area contributed by atoms with E-state index in [1.165, 1.54) is 4.68 Å². The lowest BCUT2D eigenvalue weighted by molar-refractivity contribution is 0.109. The molecule has 2 heterocycles. The van der Waals surface area contributed by atoms with Gasteiger partial charge in [-0.3, -0.25) is 10.00 Å². The summed E-state index contributed by atoms with van der Waals surface area (Å²) in [6, 6.07) is 0. The van der Waals surface area contributed by atoms with Crippen LogP contribution in [0.1, 0.15) is 11.9 Å². The lowest BCUT2D eigenvalue weighted by Gasteiger charge is -2.21. The Labute approximate surface area is 80.6 Å². The molecule has 14 heavy (non-hydrogen) atoms. The van der Waals surface area contributed by atoms with Crippen molar-refractivity contribution < 1.29 is 13.5 Å². The summed E-state index contributed by atoms with van der Waals surface area (Å²) in [6.07, 6.45) is 0.125. The fourth-order valence-corrected chi connectivity index (χ4v) is 2.16. The highest BCUT2D eigenvalue weighted by atomic mass is 32.2. The molecule has 1 unspecified atom stereocenters. The van der Waals surface area contributed by atoms with Crippen molar-refractivity contribution in [2.24, 2.45) is 5.14 Å². The van der Waals surface area contributed by atoms with Gasteiger partial charge >= 0.3 is 0 Å². The van der Waals surface area contributed by atoms with E-state index in [-0.39, 0.29) is 10.6 Å². The largest absolute Gasteiger partial charge is 0.373 e. The van der Waals surface area contributed by atoms with Crippen molar-refractivity contribution >= 4 is 10.0 Å². The standard InChI is InChI=1S/C6H10N4O3S/c7-14(12,13)4-3-9-10-2-1-8-6(11)5(4)10/h3,6,8,11H,1-2H2,(H2,7,12,13). The number of fused-ring (bicyclic) bond motifs is 1. The molecule has 0 bridgehead atoms. The van der Waals surface area contributed by atoms with Gasteiger partial charge in [-0.2, -0.15) is 5.10 Å². The number of rotatable bonds is 1. The molecule has 8 heteroatoms. The summed E-state index contributed by atoms with van der Waals surface area (Å²) in [6.45, 7) is 1.06. The highest BCUT2D eigenvalue weighted by Crippen LogP contribution is 2.21. The zero-order valence-corrected chi connectivity index (χ0v) is 8.03. The van der Waals surface area contributed by atoms with Crippen molar-refractivity contribution in [2.75, 3.05) is 6.54 Å². The molecule has 0 saturated heterocycles. The normalized spacial score (nSPS) is 22.0. The zero-order chi connectivity index (χ0) is 10.3. The van der Waals surface area contributed by atoms with E-state index in [1.807, 2.05) is 0 Å². The van der Waals surface area contributed by atoms with Crippen LogP contribution >= 0.6 is 0 Å². The van der Waals surface area contributed by atoms with Gasteiger partial charge in [-0.05, 0) is 0 Å². The lowest BCUT2D eigenvalue weighted by atomic mass is 10.3. The van der Waals surface area contributed by atoms with Gasteiger partial charge in [-0.25, -0.2) is 13.6 Å². The van der Waals surface area contributed by atoms with E-state index in [4.69, 9.17) is 5.14 Å². The number of nitrogens with one attached hydrogen (secondary N) is 1. The zero-order valence-electron chi connectivity index (χ0n) is 7.21. The first-order valence-corrected chi connectivity index (χ1v) is 5.55. The molecule has 1 aliphatic heterocycles. The maximum Gasteiger partial charge on any atom is 0.241 e. The van der Waals surface area contributed by atoms with Gasteiger partial charge in [0.05, 0.1) is 12.7 Å². The first kappa shape index (κ1) is 9.59. The number of nitrogens with zero attached hydrogens (tertiary/aromatic N) is 2. The van der Waals surface area contributed by atoms with Gasteiger partial charge in [0.1, 0.15) is 16.8 Å². The Balaban J connectivity index is 2.60. The SMILES string of the molecule is NS(=O)(=O)c1cnn2c1C(O)NCC2. The minimum Gasteiger partial charge on any atom is -0.373 e. The van der Waals surface area contributed by atoms with Crippen LogP contribution in [0.15, 0.2) is 11.1 Å². The van der Waals surface area contributed by atoms with E-state index >= 15 is 0 Å². The Morgan fingerprint density at radius 2 is 2.43 bits per heavy atom. The third-order valence-corrected chi connectivity index (χ3v) is 3.00. The maximum atomic E-state index is 11.1. The molecule has 0 fully saturated rings. The molecule has 1 aliphatic rings. The molecule has 78 valence electrons. The van der Waals surface area contributed by atoms with Gasteiger partial charge in [-0.1, -0.05) is 0 Å². The Morgan fingerprint density at radius 1 is 1.71 bits per heavy atom. The average molecular weight is 218 g/mol. The van der Waals surface area contributed by atoms with Crippen molar-refractivity contribution in [3.63, 3.8) is 0 Å². The number of aliphatic hydroxyl groups is 1. The number of aliphatic hydroxyl groups excluding tert-OH is 1. The monoisotopic (exact) mass is 218 g/mol. The molecule has 4 N–H and O–H groups in total. The number of hydrogen-bond acceptors (Lipinski definition) is 5. The van der Waals surface area contributed by atoms with Gasteiger partial charge in [0, 0.05) is 6.54 Å². The van der Waals surface area contributed by atoms with Gasteiger partial charge in [0.2, 0.25) is 10.0 Å². The average Bonchev–Trinajstić information content (AvgIpc) is 2.47. The molecule has 2 rings (SSSR count). The fourth-order valence-electron chi connectivity index (χ4n) is 1.45. The fraction of sp³-hybridized carbons (Fsp3) is 0.500. The summed E-state index contributed by atoms with van der Waals surface area (Å²) in [5, 5.41) is 21.0. The molecule has 0 aliphatic carbocycles. The van der Waals surface area contributed by atoms with Crippen molar-refractivity contribution in [2.45, 2.75) is 17.7 Å². The third-order valence-electron chi connectivity index (χ3n) is 2.07. The van der Waals surface area contributed by atoms with E-state index in [9.17, 15) is 13.5 Å². The molecule has 7 nitrogen and oxygen atoms in total. The Bertz CT molecular complexity index is 452. The minimum absolute atomic E-state index is 0.128. The third kappa shape index (κ3) is 1.42. The summed E-state index contributed by atoms with van der Waals surface area (Å²) >= 11 is 0. The van der Waals surface area contributed by atoms with Crippen molar-refractivity contribution in [3.05, 3.63) is 11.9 Å². The Hall–Kier alpha value is -0.960. The Morgan fingerprint density at radius 3 is 3.07 bits per heavy atom. The molecule has 0 spiro atoms. The quantitative estimate of drug-likeness (QED) is 0.511. The second-order valence-electron chi connectivity index (χ2n) is 3.02. The maximum absolute atomic E-state index is 11.1. The molecule has 1 aromatic rings. The lowest BCUT2D eigenvalue weighted by Crippen LogP contribution is -2.34. The van der Waals surface area contributed by atoms with Crippen LogP contribution in [0.2, 0.25) is 0 Å². The highest BCUT2D eigenvalue weighted by molar-refractivity contribution is 7.89. The predicted octanol–water partition coefficient (Wildman–Crippen LogP) is -1.88. The van der Waals surface area contributed by atoms with Crippen molar-refractivity contribution in [3.8, 4) is 0 Å². The smallest absolute Gasteiger partial charge is 0.241 e. The Kier molecular flexibility index (Phi) is 2.07. The van der Waals surface area contributed by atoms with Crippen LogP contribution < -0.4 is 10.5 Å². The molecule has 0 amide bonds. The molecular weight excluding hydrogens is 208 g/mol. The van der Waals surface area contributed by atoms with Gasteiger partial charge in [0.25, 0.3) is 0 Å². The van der Waals surface area contributed by atoms with Crippen LogP contribution in [-0.2, 0) is 16.6 Å². The van der Waals surface area contributed by atoms with Crippen LogP contribution in [0.3, 0.4) is 0 Å². The van der Waals surface area contributed by atoms with Crippen LogP contribution in [0.5, 0.6) is 0 Å². The van der Waals surface area contributed by atoms with Crippen LogP contribution in [-0.4, -0.2) is 29.8 Å². The predicted molar refractivity (Wildman–Crippen MR) is 46.6 cm³/mol. The van der Waals surface area contributed by atoms with E-state index < -0.39 is 16.3 Å². The summed E-state index contributed by atoms with van der Waals surface area (Å²) in [5.74, 6) is 0.